The maximum absolute atomic E-state index is 6.06. The molecular formula is C23H26N6O3. The first-order chi connectivity index (χ1) is 15.7. The predicted octanol–water partition coefficient (Wildman–Crippen LogP) is 3.69. The molecule has 4 aromatic rings. The van der Waals surface area contributed by atoms with Gasteiger partial charge in [0.15, 0.2) is 5.65 Å². The zero-order valence-corrected chi connectivity index (χ0v) is 18.2. The van der Waals surface area contributed by atoms with E-state index in [4.69, 9.17) is 13.9 Å². The van der Waals surface area contributed by atoms with Crippen molar-refractivity contribution < 1.29 is 13.9 Å². The standard InChI is InChI=1S/C23H26N6O3/c1-3-29-22-18(14-25-29)21(26-16-8-10-31-11-9-16)19(13-24-22)23-28-27-20(32-23)12-15-4-6-17(30-2)7-5-15/h4-7,13-14,16H,3,8-12H2,1-2H3,(H,24,26). The second-order valence-electron chi connectivity index (χ2n) is 7.80. The van der Waals surface area contributed by atoms with E-state index in [9.17, 15) is 0 Å². The number of nitrogens with one attached hydrogen (secondary N) is 1. The van der Waals surface area contributed by atoms with Gasteiger partial charge in [-0.1, -0.05) is 12.1 Å². The largest absolute Gasteiger partial charge is 0.497 e. The molecule has 0 spiro atoms. The Morgan fingerprint density at radius 2 is 1.94 bits per heavy atom. The summed E-state index contributed by atoms with van der Waals surface area (Å²) in [7, 11) is 1.65. The van der Waals surface area contributed by atoms with Gasteiger partial charge in [0.05, 0.1) is 36.4 Å². The van der Waals surface area contributed by atoms with Crippen molar-refractivity contribution in [1.29, 1.82) is 0 Å². The molecule has 0 bridgehead atoms. The van der Waals surface area contributed by atoms with Gasteiger partial charge in [0.1, 0.15) is 5.75 Å². The molecule has 0 atom stereocenters. The third-order valence-electron chi connectivity index (χ3n) is 5.75. The quantitative estimate of drug-likeness (QED) is 0.470. The topological polar surface area (TPSA) is 100 Å². The lowest BCUT2D eigenvalue weighted by Gasteiger charge is -2.25. The van der Waals surface area contributed by atoms with E-state index in [-0.39, 0.29) is 0 Å². The first kappa shape index (κ1) is 20.4. The highest BCUT2D eigenvalue weighted by Gasteiger charge is 2.22. The number of benzene rings is 1. The Morgan fingerprint density at radius 3 is 2.69 bits per heavy atom. The second kappa shape index (κ2) is 8.96. The minimum Gasteiger partial charge on any atom is -0.497 e. The zero-order valence-electron chi connectivity index (χ0n) is 18.2. The Bertz CT molecular complexity index is 1190. The molecule has 9 nitrogen and oxygen atoms in total. The maximum Gasteiger partial charge on any atom is 0.251 e. The van der Waals surface area contributed by atoms with Crippen molar-refractivity contribution in [2.75, 3.05) is 25.6 Å². The van der Waals surface area contributed by atoms with Gasteiger partial charge in [-0.05, 0) is 37.5 Å². The predicted molar refractivity (Wildman–Crippen MR) is 120 cm³/mol. The minimum atomic E-state index is 0.305. The number of hydrogen-bond donors (Lipinski definition) is 1. The van der Waals surface area contributed by atoms with Crippen LogP contribution in [0.15, 0.2) is 41.1 Å². The van der Waals surface area contributed by atoms with E-state index in [2.05, 4.69) is 32.5 Å². The fraction of sp³-hybridized carbons (Fsp3) is 0.391. The highest BCUT2D eigenvalue weighted by Crippen LogP contribution is 2.34. The van der Waals surface area contributed by atoms with Crippen LogP contribution in [0.1, 0.15) is 31.2 Å². The molecule has 0 amide bonds. The highest BCUT2D eigenvalue weighted by molar-refractivity contribution is 5.96. The molecule has 1 N–H and O–H groups in total. The molecule has 0 saturated carbocycles. The number of rotatable bonds is 7. The molecule has 1 aliphatic rings. The third-order valence-corrected chi connectivity index (χ3v) is 5.75. The first-order valence-corrected chi connectivity index (χ1v) is 10.9. The maximum atomic E-state index is 6.06. The second-order valence-corrected chi connectivity index (χ2v) is 7.80. The molecule has 3 aromatic heterocycles. The third kappa shape index (κ3) is 4.03. The lowest BCUT2D eigenvalue weighted by atomic mass is 10.1. The van der Waals surface area contributed by atoms with E-state index >= 15 is 0 Å². The van der Waals surface area contributed by atoms with Crippen LogP contribution in [-0.4, -0.2) is 51.3 Å². The van der Waals surface area contributed by atoms with Crippen molar-refractivity contribution in [2.24, 2.45) is 0 Å². The number of ether oxygens (including phenoxy) is 2. The normalized spacial score (nSPS) is 14.7. The van der Waals surface area contributed by atoms with Crippen LogP contribution in [0, 0.1) is 0 Å². The van der Waals surface area contributed by atoms with Gasteiger partial charge in [-0.2, -0.15) is 5.10 Å². The van der Waals surface area contributed by atoms with Gasteiger partial charge >= 0.3 is 0 Å². The van der Waals surface area contributed by atoms with Crippen molar-refractivity contribution in [3.63, 3.8) is 0 Å². The van der Waals surface area contributed by atoms with Crippen LogP contribution in [0.5, 0.6) is 5.75 Å². The molecular weight excluding hydrogens is 408 g/mol. The smallest absolute Gasteiger partial charge is 0.251 e. The van der Waals surface area contributed by atoms with Crippen LogP contribution in [0.3, 0.4) is 0 Å². The van der Waals surface area contributed by atoms with E-state index in [1.54, 1.807) is 13.3 Å². The average Bonchev–Trinajstić information content (AvgIpc) is 3.47. The molecule has 4 heterocycles. The number of anilines is 1. The monoisotopic (exact) mass is 434 g/mol. The van der Waals surface area contributed by atoms with Crippen LogP contribution in [0.2, 0.25) is 0 Å². The summed E-state index contributed by atoms with van der Waals surface area (Å²) in [6, 6.07) is 8.14. The molecule has 1 aromatic carbocycles. The van der Waals surface area contributed by atoms with Gasteiger partial charge in [-0.25, -0.2) is 9.67 Å². The molecule has 5 rings (SSSR count). The van der Waals surface area contributed by atoms with Crippen LogP contribution >= 0.6 is 0 Å². The van der Waals surface area contributed by atoms with Crippen LogP contribution in [0.4, 0.5) is 5.69 Å². The van der Waals surface area contributed by atoms with Crippen molar-refractivity contribution >= 4 is 16.7 Å². The number of fused-ring (bicyclic) bond motifs is 1. The Labute approximate surface area is 185 Å². The Kier molecular flexibility index (Phi) is 5.72. The number of hydrogen-bond acceptors (Lipinski definition) is 8. The zero-order chi connectivity index (χ0) is 21.9. The molecule has 0 aliphatic carbocycles. The van der Waals surface area contributed by atoms with E-state index in [0.717, 1.165) is 66.2 Å². The number of nitrogens with zero attached hydrogens (tertiary/aromatic N) is 5. The molecule has 0 radical (unpaired) electrons. The summed E-state index contributed by atoms with van der Waals surface area (Å²) in [4.78, 5) is 4.65. The van der Waals surface area contributed by atoms with E-state index in [1.165, 1.54) is 0 Å². The van der Waals surface area contributed by atoms with Gasteiger partial charge in [0.2, 0.25) is 5.89 Å². The van der Waals surface area contributed by atoms with E-state index in [0.29, 0.717) is 24.2 Å². The van der Waals surface area contributed by atoms with Gasteiger partial charge < -0.3 is 19.2 Å². The first-order valence-electron chi connectivity index (χ1n) is 10.9. The lowest BCUT2D eigenvalue weighted by Crippen LogP contribution is -2.28. The summed E-state index contributed by atoms with van der Waals surface area (Å²) in [5.41, 5.74) is 3.62. The molecule has 1 saturated heterocycles. The summed E-state index contributed by atoms with van der Waals surface area (Å²) in [5, 5.41) is 17.7. The van der Waals surface area contributed by atoms with Gasteiger partial charge in [-0.3, -0.25) is 0 Å². The molecule has 166 valence electrons. The highest BCUT2D eigenvalue weighted by atomic mass is 16.5. The number of aryl methyl sites for hydroxylation is 1. The Hall–Kier alpha value is -3.46. The SMILES string of the molecule is CCn1ncc2c(NC3CCOCC3)c(-c3nnc(Cc4ccc(OC)cc4)o3)cnc21. The van der Waals surface area contributed by atoms with Crippen molar-refractivity contribution in [3.8, 4) is 17.2 Å². The molecule has 0 unspecified atom stereocenters. The van der Waals surface area contributed by atoms with Crippen molar-refractivity contribution in [3.05, 3.63) is 48.1 Å². The molecule has 1 aliphatic heterocycles. The summed E-state index contributed by atoms with van der Waals surface area (Å²) in [5.74, 6) is 1.81. The van der Waals surface area contributed by atoms with Crippen molar-refractivity contribution in [2.45, 2.75) is 38.8 Å². The summed E-state index contributed by atoms with van der Waals surface area (Å²) in [6.07, 6.45) is 6.08. The van der Waals surface area contributed by atoms with Gasteiger partial charge in [0.25, 0.3) is 5.89 Å². The lowest BCUT2D eigenvalue weighted by molar-refractivity contribution is 0.0905. The van der Waals surface area contributed by atoms with Crippen LogP contribution < -0.4 is 10.1 Å². The fourth-order valence-corrected chi connectivity index (χ4v) is 3.97. The van der Waals surface area contributed by atoms with E-state index in [1.807, 2.05) is 35.1 Å². The van der Waals surface area contributed by atoms with E-state index < -0.39 is 0 Å². The summed E-state index contributed by atoms with van der Waals surface area (Å²) >= 11 is 0. The molecule has 9 heteroatoms. The number of methoxy groups -OCH3 is 1. The van der Waals surface area contributed by atoms with Crippen LogP contribution in [0.25, 0.3) is 22.5 Å². The number of pyridine rings is 1. The fourth-order valence-electron chi connectivity index (χ4n) is 3.97. The summed E-state index contributed by atoms with van der Waals surface area (Å²) < 4.78 is 18.7. The Morgan fingerprint density at radius 1 is 1.12 bits per heavy atom. The average molecular weight is 435 g/mol. The van der Waals surface area contributed by atoms with Gasteiger partial charge in [0, 0.05) is 32.0 Å². The van der Waals surface area contributed by atoms with Gasteiger partial charge in [-0.15, -0.1) is 10.2 Å². The molecule has 32 heavy (non-hydrogen) atoms. The Balaban J connectivity index is 1.48. The molecule has 1 fully saturated rings. The number of aromatic nitrogens is 5. The minimum absolute atomic E-state index is 0.305. The summed E-state index contributed by atoms with van der Waals surface area (Å²) in [6.45, 7) is 4.31. The van der Waals surface area contributed by atoms with Crippen LogP contribution in [-0.2, 0) is 17.7 Å². The van der Waals surface area contributed by atoms with Crippen molar-refractivity contribution in [1.82, 2.24) is 25.0 Å².